The number of nitrogens with one attached hydrogen (secondary N) is 1. The molecule has 1 saturated carbocycles. The van der Waals surface area contributed by atoms with Crippen molar-refractivity contribution in [2.45, 2.75) is 71.4 Å². The molecule has 1 saturated heterocycles. The first kappa shape index (κ1) is 13.4. The molecule has 2 rings (SSSR count). The highest BCUT2D eigenvalue weighted by Crippen LogP contribution is 2.40. The minimum atomic E-state index is 0.529. The van der Waals surface area contributed by atoms with Gasteiger partial charge in [0.25, 0.3) is 0 Å². The van der Waals surface area contributed by atoms with Crippen molar-refractivity contribution in [3.63, 3.8) is 0 Å². The van der Waals surface area contributed by atoms with Gasteiger partial charge in [0.15, 0.2) is 0 Å². The summed E-state index contributed by atoms with van der Waals surface area (Å²) in [6.07, 6.45) is 8.32. The second-order valence-electron chi connectivity index (χ2n) is 6.89. The molecule has 1 aliphatic heterocycles. The van der Waals surface area contributed by atoms with E-state index in [1.165, 1.54) is 38.5 Å². The van der Waals surface area contributed by atoms with E-state index in [-0.39, 0.29) is 0 Å². The van der Waals surface area contributed by atoms with E-state index >= 15 is 0 Å². The predicted octanol–water partition coefficient (Wildman–Crippen LogP) is 3.36. The van der Waals surface area contributed by atoms with Gasteiger partial charge < -0.3 is 10.1 Å². The molecular formula is C15H29NO. The molecule has 1 N–H and O–H groups in total. The Morgan fingerprint density at radius 3 is 2.65 bits per heavy atom. The summed E-state index contributed by atoms with van der Waals surface area (Å²) in [7, 11) is 0. The largest absolute Gasteiger partial charge is 0.378 e. The monoisotopic (exact) mass is 239 g/mol. The molecule has 3 atom stereocenters. The van der Waals surface area contributed by atoms with Gasteiger partial charge in [0.05, 0.1) is 6.10 Å². The summed E-state index contributed by atoms with van der Waals surface area (Å²) < 4.78 is 5.77. The van der Waals surface area contributed by atoms with Crippen molar-refractivity contribution in [3.8, 4) is 0 Å². The van der Waals surface area contributed by atoms with Gasteiger partial charge in [0.2, 0.25) is 0 Å². The van der Waals surface area contributed by atoms with Gasteiger partial charge in [-0.1, -0.05) is 20.8 Å². The van der Waals surface area contributed by atoms with Crippen LogP contribution in [0.25, 0.3) is 0 Å². The molecule has 3 unspecified atom stereocenters. The van der Waals surface area contributed by atoms with Crippen LogP contribution in [-0.4, -0.2) is 25.3 Å². The third-order valence-corrected chi connectivity index (χ3v) is 4.48. The van der Waals surface area contributed by atoms with Crippen LogP contribution in [0.4, 0.5) is 0 Å². The van der Waals surface area contributed by atoms with Crippen molar-refractivity contribution in [3.05, 3.63) is 0 Å². The van der Waals surface area contributed by atoms with E-state index in [1.54, 1.807) is 0 Å². The molecule has 2 aliphatic rings. The molecule has 1 heterocycles. The minimum Gasteiger partial charge on any atom is -0.378 e. The first-order valence-corrected chi connectivity index (χ1v) is 7.42. The van der Waals surface area contributed by atoms with Crippen LogP contribution in [0.3, 0.4) is 0 Å². The molecule has 0 spiro atoms. The average Bonchev–Trinajstić information content (AvgIpc) is 2.53. The van der Waals surface area contributed by atoms with Crippen molar-refractivity contribution in [2.24, 2.45) is 11.3 Å². The average molecular weight is 239 g/mol. The first-order chi connectivity index (χ1) is 8.07. The zero-order chi connectivity index (χ0) is 12.3. The Morgan fingerprint density at radius 2 is 2.06 bits per heavy atom. The molecule has 100 valence electrons. The fourth-order valence-corrected chi connectivity index (χ4v) is 3.63. The molecule has 2 heteroatoms. The van der Waals surface area contributed by atoms with Gasteiger partial charge in [-0.25, -0.2) is 0 Å². The van der Waals surface area contributed by atoms with Crippen molar-refractivity contribution >= 4 is 0 Å². The zero-order valence-electron chi connectivity index (χ0n) is 11.8. The Balaban J connectivity index is 1.65. The van der Waals surface area contributed by atoms with E-state index in [2.05, 4.69) is 26.1 Å². The smallest absolute Gasteiger partial charge is 0.0587 e. The number of ether oxygens (including phenoxy) is 1. The Hall–Kier alpha value is -0.0800. The van der Waals surface area contributed by atoms with E-state index < -0.39 is 0 Å². The third-order valence-electron chi connectivity index (χ3n) is 4.48. The van der Waals surface area contributed by atoms with Gasteiger partial charge in [-0.2, -0.15) is 0 Å². The van der Waals surface area contributed by atoms with Gasteiger partial charge in [-0.05, 0) is 56.4 Å². The molecule has 0 aromatic heterocycles. The summed E-state index contributed by atoms with van der Waals surface area (Å²) in [4.78, 5) is 0. The van der Waals surface area contributed by atoms with Gasteiger partial charge in [0.1, 0.15) is 0 Å². The summed E-state index contributed by atoms with van der Waals surface area (Å²) in [6.45, 7) is 9.31. The lowest BCUT2D eigenvalue weighted by Gasteiger charge is -2.24. The highest BCUT2D eigenvalue weighted by molar-refractivity contribution is 4.91. The van der Waals surface area contributed by atoms with Crippen LogP contribution in [0.2, 0.25) is 0 Å². The second-order valence-corrected chi connectivity index (χ2v) is 6.89. The van der Waals surface area contributed by atoms with Crippen molar-refractivity contribution in [1.29, 1.82) is 0 Å². The molecule has 0 bridgehead atoms. The molecule has 2 nitrogen and oxygen atoms in total. The van der Waals surface area contributed by atoms with E-state index in [0.29, 0.717) is 11.5 Å². The van der Waals surface area contributed by atoms with Crippen molar-refractivity contribution in [1.82, 2.24) is 5.32 Å². The summed E-state index contributed by atoms with van der Waals surface area (Å²) in [6, 6.07) is 0.730. The molecule has 17 heavy (non-hydrogen) atoms. The van der Waals surface area contributed by atoms with Crippen molar-refractivity contribution < 1.29 is 4.74 Å². The maximum absolute atomic E-state index is 5.77. The van der Waals surface area contributed by atoms with Gasteiger partial charge in [0, 0.05) is 12.6 Å². The van der Waals surface area contributed by atoms with Crippen LogP contribution in [0.15, 0.2) is 0 Å². The van der Waals surface area contributed by atoms with Crippen LogP contribution in [0.1, 0.15) is 59.3 Å². The van der Waals surface area contributed by atoms with Crippen molar-refractivity contribution in [2.75, 3.05) is 13.2 Å². The predicted molar refractivity (Wildman–Crippen MR) is 72.2 cm³/mol. The summed E-state index contributed by atoms with van der Waals surface area (Å²) >= 11 is 0. The lowest BCUT2D eigenvalue weighted by Crippen LogP contribution is -2.34. The molecule has 0 aromatic carbocycles. The number of hydrogen-bond acceptors (Lipinski definition) is 2. The normalized spacial score (nSPS) is 37.2. The lowest BCUT2D eigenvalue weighted by molar-refractivity contribution is 0.0110. The first-order valence-electron chi connectivity index (χ1n) is 7.42. The Kier molecular flexibility index (Phi) is 4.48. The maximum atomic E-state index is 5.77. The van der Waals surface area contributed by atoms with E-state index in [4.69, 9.17) is 4.74 Å². The fourth-order valence-electron chi connectivity index (χ4n) is 3.63. The Bertz CT molecular complexity index is 233. The highest BCUT2D eigenvalue weighted by Gasteiger charge is 2.36. The SMILES string of the molecule is CC1CC(C)(C)CC1NCCC1CCCCO1. The molecule has 0 amide bonds. The fraction of sp³-hybridized carbons (Fsp3) is 1.00. The van der Waals surface area contributed by atoms with Crippen LogP contribution >= 0.6 is 0 Å². The molecule has 1 aliphatic carbocycles. The lowest BCUT2D eigenvalue weighted by atomic mass is 9.91. The van der Waals surface area contributed by atoms with E-state index in [0.717, 1.165) is 25.1 Å². The molecule has 0 aromatic rings. The summed E-state index contributed by atoms with van der Waals surface area (Å²) in [5, 5.41) is 3.75. The second kappa shape index (κ2) is 5.71. The highest BCUT2D eigenvalue weighted by atomic mass is 16.5. The maximum Gasteiger partial charge on any atom is 0.0587 e. The standard InChI is InChI=1S/C15H29NO/c1-12-10-15(2,3)11-14(12)16-8-7-13-6-4-5-9-17-13/h12-14,16H,4-11H2,1-3H3. The molecule has 2 fully saturated rings. The Labute approximate surface area is 107 Å². The summed E-state index contributed by atoms with van der Waals surface area (Å²) in [5.41, 5.74) is 0.540. The summed E-state index contributed by atoms with van der Waals surface area (Å²) in [5.74, 6) is 0.831. The van der Waals surface area contributed by atoms with Crippen LogP contribution in [0, 0.1) is 11.3 Å². The number of hydrogen-bond donors (Lipinski definition) is 1. The van der Waals surface area contributed by atoms with E-state index in [1.807, 2.05) is 0 Å². The van der Waals surface area contributed by atoms with Crippen LogP contribution < -0.4 is 5.32 Å². The molecule has 0 radical (unpaired) electrons. The van der Waals surface area contributed by atoms with Gasteiger partial charge in [-0.15, -0.1) is 0 Å². The quantitative estimate of drug-likeness (QED) is 0.812. The van der Waals surface area contributed by atoms with Crippen LogP contribution in [-0.2, 0) is 4.74 Å². The van der Waals surface area contributed by atoms with E-state index in [9.17, 15) is 0 Å². The van der Waals surface area contributed by atoms with Gasteiger partial charge >= 0.3 is 0 Å². The number of rotatable bonds is 4. The topological polar surface area (TPSA) is 21.3 Å². The van der Waals surface area contributed by atoms with Gasteiger partial charge in [-0.3, -0.25) is 0 Å². The van der Waals surface area contributed by atoms with Crippen LogP contribution in [0.5, 0.6) is 0 Å². The minimum absolute atomic E-state index is 0.529. The third kappa shape index (κ3) is 3.96. The zero-order valence-corrected chi connectivity index (χ0v) is 11.8. The Morgan fingerprint density at radius 1 is 1.24 bits per heavy atom. The molecular weight excluding hydrogens is 210 g/mol.